The minimum Gasteiger partial charge on any atom is -0.381 e. The van der Waals surface area contributed by atoms with Crippen LogP contribution in [0.15, 0.2) is 27.6 Å². The second-order valence-electron chi connectivity index (χ2n) is 10.1. The largest absolute Gasteiger partial charge is 0.381 e. The lowest BCUT2D eigenvalue weighted by molar-refractivity contribution is -0.132. The number of likely N-dealkylation sites (N-methyl/N-ethyl adjacent to an activating group) is 1. The summed E-state index contributed by atoms with van der Waals surface area (Å²) in [7, 11) is -2.42. The van der Waals surface area contributed by atoms with Crippen molar-refractivity contribution in [2.75, 3.05) is 45.2 Å². The van der Waals surface area contributed by atoms with E-state index in [1.807, 2.05) is 0 Å². The Bertz CT molecular complexity index is 1250. The third kappa shape index (κ3) is 5.86. The second kappa shape index (κ2) is 10.9. The molecule has 1 N–H and O–H groups in total. The van der Waals surface area contributed by atoms with Crippen LogP contribution in [-0.2, 0) is 37.2 Å². The molecule has 0 aliphatic carbocycles. The molecule has 0 bridgehead atoms. The Labute approximate surface area is 216 Å². The van der Waals surface area contributed by atoms with Gasteiger partial charge in [-0.05, 0) is 61.8 Å². The van der Waals surface area contributed by atoms with Gasteiger partial charge in [-0.25, -0.2) is 8.42 Å². The number of aryl methyl sites for hydroxylation is 1. The quantitative estimate of drug-likeness (QED) is 0.573. The van der Waals surface area contributed by atoms with E-state index in [1.165, 1.54) is 13.1 Å². The van der Waals surface area contributed by atoms with Crippen LogP contribution in [0.5, 0.6) is 0 Å². The van der Waals surface area contributed by atoms with Crippen molar-refractivity contribution in [3.63, 3.8) is 0 Å². The molecular formula is C25H33N5O6S. The van der Waals surface area contributed by atoms with Crippen LogP contribution in [0.2, 0.25) is 0 Å². The molecule has 1 aromatic carbocycles. The van der Waals surface area contributed by atoms with Gasteiger partial charge < -0.3 is 19.5 Å². The van der Waals surface area contributed by atoms with Crippen molar-refractivity contribution >= 4 is 27.5 Å². The van der Waals surface area contributed by atoms with Crippen LogP contribution in [0, 0.1) is 5.92 Å². The highest BCUT2D eigenvalue weighted by atomic mass is 32.2. The number of aromatic nitrogens is 2. The number of likely N-dealkylation sites (tertiary alicyclic amines) is 1. The van der Waals surface area contributed by atoms with E-state index in [1.54, 1.807) is 17.0 Å². The number of hydrogen-bond acceptors (Lipinski definition) is 8. The van der Waals surface area contributed by atoms with Gasteiger partial charge >= 0.3 is 0 Å². The van der Waals surface area contributed by atoms with E-state index in [4.69, 9.17) is 9.26 Å². The lowest BCUT2D eigenvalue weighted by Crippen LogP contribution is -2.44. The van der Waals surface area contributed by atoms with Crippen molar-refractivity contribution in [1.82, 2.24) is 19.3 Å². The van der Waals surface area contributed by atoms with Crippen LogP contribution < -0.4 is 5.32 Å². The molecule has 2 saturated heterocycles. The molecule has 11 nitrogen and oxygen atoms in total. The molecule has 2 amide bonds. The SMILES string of the molecule is CN(CC(=O)N1CCC(Cc2nc(C3CCOCC3)no2)CC1)S(=O)(=O)c1ccc2c(c1)CCC(=O)N2. The van der Waals surface area contributed by atoms with Crippen LogP contribution in [0.25, 0.3) is 0 Å². The van der Waals surface area contributed by atoms with Gasteiger partial charge in [0.15, 0.2) is 5.82 Å². The fourth-order valence-corrected chi connectivity index (χ4v) is 6.35. The summed E-state index contributed by atoms with van der Waals surface area (Å²) in [4.78, 5) is 30.9. The Morgan fingerprint density at radius 1 is 1.16 bits per heavy atom. The lowest BCUT2D eigenvalue weighted by atomic mass is 9.93. The van der Waals surface area contributed by atoms with E-state index < -0.39 is 10.0 Å². The predicted molar refractivity (Wildman–Crippen MR) is 133 cm³/mol. The number of anilines is 1. The molecule has 0 radical (unpaired) electrons. The zero-order chi connectivity index (χ0) is 26.0. The van der Waals surface area contributed by atoms with Crippen molar-refractivity contribution < 1.29 is 27.3 Å². The maximum Gasteiger partial charge on any atom is 0.243 e. The number of carbonyl (C=O) groups excluding carboxylic acids is 2. The van der Waals surface area contributed by atoms with Crippen LogP contribution in [-0.4, -0.2) is 79.5 Å². The predicted octanol–water partition coefficient (Wildman–Crippen LogP) is 1.95. The monoisotopic (exact) mass is 531 g/mol. The number of sulfonamides is 1. The second-order valence-corrected chi connectivity index (χ2v) is 12.1. The van der Waals surface area contributed by atoms with Gasteiger partial charge in [0.05, 0.1) is 11.4 Å². The molecule has 0 spiro atoms. The number of amides is 2. The summed E-state index contributed by atoms with van der Waals surface area (Å²) in [6, 6.07) is 4.66. The Morgan fingerprint density at radius 2 is 1.92 bits per heavy atom. The van der Waals surface area contributed by atoms with Gasteiger partial charge in [0.1, 0.15) is 0 Å². The van der Waals surface area contributed by atoms with Gasteiger partial charge in [0, 0.05) is 57.8 Å². The molecule has 2 fully saturated rings. The van der Waals surface area contributed by atoms with Crippen LogP contribution in [0.3, 0.4) is 0 Å². The number of fused-ring (bicyclic) bond motifs is 1. The van der Waals surface area contributed by atoms with Gasteiger partial charge in [-0.2, -0.15) is 9.29 Å². The van der Waals surface area contributed by atoms with Crippen LogP contribution in [0.4, 0.5) is 5.69 Å². The molecule has 200 valence electrons. The molecule has 0 unspecified atom stereocenters. The van der Waals surface area contributed by atoms with E-state index in [0.717, 1.165) is 54.6 Å². The highest BCUT2D eigenvalue weighted by Crippen LogP contribution is 2.28. The molecule has 3 aliphatic heterocycles. The van der Waals surface area contributed by atoms with Crippen molar-refractivity contribution in [1.29, 1.82) is 0 Å². The number of ether oxygens (including phenoxy) is 1. The highest BCUT2D eigenvalue weighted by Gasteiger charge is 2.30. The lowest BCUT2D eigenvalue weighted by Gasteiger charge is -2.32. The van der Waals surface area contributed by atoms with Crippen molar-refractivity contribution in [3.8, 4) is 0 Å². The minimum absolute atomic E-state index is 0.0774. The van der Waals surface area contributed by atoms with Gasteiger partial charge in [0.2, 0.25) is 27.7 Å². The van der Waals surface area contributed by atoms with Crippen molar-refractivity contribution in [3.05, 3.63) is 35.5 Å². The highest BCUT2D eigenvalue weighted by molar-refractivity contribution is 7.89. The summed E-state index contributed by atoms with van der Waals surface area (Å²) in [5.74, 6) is 1.74. The Balaban J connectivity index is 1.12. The number of nitrogens with one attached hydrogen (secondary N) is 1. The third-order valence-electron chi connectivity index (χ3n) is 7.54. The molecule has 1 aromatic heterocycles. The first kappa shape index (κ1) is 25.8. The molecule has 4 heterocycles. The molecule has 3 aliphatic rings. The number of hydrogen-bond donors (Lipinski definition) is 1. The van der Waals surface area contributed by atoms with E-state index in [-0.39, 0.29) is 23.3 Å². The fraction of sp³-hybridized carbons (Fsp3) is 0.600. The molecule has 12 heteroatoms. The summed E-state index contributed by atoms with van der Waals surface area (Å²) in [5.41, 5.74) is 1.42. The van der Waals surface area contributed by atoms with Crippen LogP contribution in [0.1, 0.15) is 55.3 Å². The van der Waals surface area contributed by atoms with E-state index in [0.29, 0.717) is 55.8 Å². The van der Waals surface area contributed by atoms with E-state index in [2.05, 4.69) is 15.5 Å². The number of rotatable bonds is 7. The topological polar surface area (TPSA) is 135 Å². The molecule has 5 rings (SSSR count). The number of nitrogens with zero attached hydrogens (tertiary/aromatic N) is 4. The molecule has 37 heavy (non-hydrogen) atoms. The average Bonchev–Trinajstić information content (AvgIpc) is 3.37. The first-order valence-electron chi connectivity index (χ1n) is 12.9. The summed E-state index contributed by atoms with van der Waals surface area (Å²) in [5, 5.41) is 6.92. The smallest absolute Gasteiger partial charge is 0.243 e. The first-order valence-corrected chi connectivity index (χ1v) is 14.3. The van der Waals surface area contributed by atoms with Gasteiger partial charge in [0.25, 0.3) is 0 Å². The van der Waals surface area contributed by atoms with Gasteiger partial charge in [-0.3, -0.25) is 9.59 Å². The van der Waals surface area contributed by atoms with Gasteiger partial charge in [-0.15, -0.1) is 0 Å². The third-order valence-corrected chi connectivity index (χ3v) is 9.34. The van der Waals surface area contributed by atoms with Crippen molar-refractivity contribution in [2.45, 2.75) is 55.8 Å². The number of carbonyl (C=O) groups is 2. The summed E-state index contributed by atoms with van der Waals surface area (Å²) in [6.45, 7) is 2.36. The molecular weight excluding hydrogens is 498 g/mol. The van der Waals surface area contributed by atoms with Crippen LogP contribution >= 0.6 is 0 Å². The average molecular weight is 532 g/mol. The fourth-order valence-electron chi connectivity index (χ4n) is 5.18. The number of piperidine rings is 1. The molecule has 2 aromatic rings. The van der Waals surface area contributed by atoms with E-state index >= 15 is 0 Å². The normalized spacial score (nSPS) is 19.6. The summed E-state index contributed by atoms with van der Waals surface area (Å²) in [6.07, 6.45) is 4.92. The zero-order valence-electron chi connectivity index (χ0n) is 21.0. The van der Waals surface area contributed by atoms with E-state index in [9.17, 15) is 18.0 Å². The summed E-state index contributed by atoms with van der Waals surface area (Å²) >= 11 is 0. The Morgan fingerprint density at radius 3 is 2.68 bits per heavy atom. The Hall–Kier alpha value is -2.83. The first-order chi connectivity index (χ1) is 17.8. The van der Waals surface area contributed by atoms with Gasteiger partial charge in [-0.1, -0.05) is 5.16 Å². The Kier molecular flexibility index (Phi) is 7.59. The minimum atomic E-state index is -3.84. The standard InChI is InChI=1S/C25H33N5O6S/c1-29(37(33,34)20-3-4-21-19(15-20)2-5-22(31)26-21)16-24(32)30-10-6-17(7-11-30)14-23-27-25(28-36-23)18-8-12-35-13-9-18/h3-4,15,17-18H,2,5-14,16H2,1H3,(H,26,31). The molecule has 0 atom stereocenters. The summed E-state index contributed by atoms with van der Waals surface area (Å²) < 4.78 is 38.2. The van der Waals surface area contributed by atoms with Crippen molar-refractivity contribution in [2.24, 2.45) is 5.92 Å². The number of benzene rings is 1. The maximum atomic E-state index is 13.1. The zero-order valence-corrected chi connectivity index (χ0v) is 21.8. The maximum absolute atomic E-state index is 13.1. The molecule has 0 saturated carbocycles.